The first-order chi connectivity index (χ1) is 6.89. The van der Waals surface area contributed by atoms with Crippen molar-refractivity contribution in [3.05, 3.63) is 0 Å². The molecule has 0 saturated carbocycles. The lowest BCUT2D eigenvalue weighted by Crippen LogP contribution is -2.47. The zero-order valence-corrected chi connectivity index (χ0v) is 10.7. The van der Waals surface area contributed by atoms with Crippen molar-refractivity contribution in [3.63, 3.8) is 0 Å². The van der Waals surface area contributed by atoms with Gasteiger partial charge < -0.3 is 10.2 Å². The Bertz CT molecular complexity index is 288. The van der Waals surface area contributed by atoms with Crippen LogP contribution in [0.4, 0.5) is 0 Å². The third kappa shape index (κ3) is 4.95. The Balaban J connectivity index is 2.38. The van der Waals surface area contributed by atoms with Crippen LogP contribution < -0.4 is 5.32 Å². The molecule has 1 rings (SSSR count). The molecule has 1 fully saturated rings. The summed E-state index contributed by atoms with van der Waals surface area (Å²) in [4.78, 5) is 2.11. The van der Waals surface area contributed by atoms with Crippen LogP contribution in [0, 0.1) is 0 Å². The summed E-state index contributed by atoms with van der Waals surface area (Å²) in [5.74, 6) is 0.679. The van der Waals surface area contributed by atoms with Crippen LogP contribution in [0.25, 0.3) is 0 Å². The van der Waals surface area contributed by atoms with Crippen LogP contribution in [-0.2, 0) is 9.84 Å². The normalized spacial score (nSPS) is 27.9. The van der Waals surface area contributed by atoms with Gasteiger partial charge in [-0.15, -0.1) is 0 Å². The molecular formula is C10H22N2O2S. The van der Waals surface area contributed by atoms with Gasteiger partial charge in [-0.25, -0.2) is 8.42 Å². The van der Waals surface area contributed by atoms with E-state index in [2.05, 4.69) is 17.1 Å². The van der Waals surface area contributed by atoms with Gasteiger partial charge in [0.2, 0.25) is 0 Å². The van der Waals surface area contributed by atoms with Gasteiger partial charge in [0.1, 0.15) is 0 Å². The van der Waals surface area contributed by atoms with Gasteiger partial charge in [-0.3, -0.25) is 0 Å². The Hall–Kier alpha value is -0.130. The zero-order valence-electron chi connectivity index (χ0n) is 9.86. The largest absolute Gasteiger partial charge is 0.309 e. The SMILES string of the molecule is CC(CN(C)C)NC1CCCS(=O)(=O)C1. The van der Waals surface area contributed by atoms with Gasteiger partial charge >= 0.3 is 0 Å². The highest BCUT2D eigenvalue weighted by molar-refractivity contribution is 7.91. The van der Waals surface area contributed by atoms with Gasteiger partial charge in [0.05, 0.1) is 11.5 Å². The third-order valence-electron chi connectivity index (χ3n) is 2.62. The van der Waals surface area contributed by atoms with Crippen LogP contribution in [0.1, 0.15) is 19.8 Å². The smallest absolute Gasteiger partial charge is 0.151 e. The molecule has 0 bridgehead atoms. The van der Waals surface area contributed by atoms with E-state index in [0.717, 1.165) is 19.4 Å². The van der Waals surface area contributed by atoms with E-state index in [1.54, 1.807) is 0 Å². The topological polar surface area (TPSA) is 49.4 Å². The standard InChI is InChI=1S/C10H22N2O2S/c1-9(7-12(2)3)11-10-5-4-6-15(13,14)8-10/h9-11H,4-8H2,1-3H3. The van der Waals surface area contributed by atoms with Crippen molar-refractivity contribution in [2.24, 2.45) is 0 Å². The van der Waals surface area contributed by atoms with Crippen LogP contribution in [0.2, 0.25) is 0 Å². The number of rotatable bonds is 4. The zero-order chi connectivity index (χ0) is 11.5. The molecule has 1 N–H and O–H groups in total. The first-order valence-electron chi connectivity index (χ1n) is 5.50. The average molecular weight is 234 g/mol. The molecule has 0 radical (unpaired) electrons. The van der Waals surface area contributed by atoms with Crippen LogP contribution in [0.3, 0.4) is 0 Å². The summed E-state index contributed by atoms with van der Waals surface area (Å²) in [5, 5.41) is 3.38. The van der Waals surface area contributed by atoms with Crippen molar-refractivity contribution in [2.45, 2.75) is 31.8 Å². The van der Waals surface area contributed by atoms with E-state index >= 15 is 0 Å². The molecule has 1 saturated heterocycles. The highest BCUT2D eigenvalue weighted by Gasteiger charge is 2.25. The second-order valence-electron chi connectivity index (χ2n) is 4.78. The molecule has 4 nitrogen and oxygen atoms in total. The molecule has 0 amide bonds. The van der Waals surface area contributed by atoms with Gasteiger partial charge in [-0.1, -0.05) is 0 Å². The minimum absolute atomic E-state index is 0.152. The summed E-state index contributed by atoms with van der Waals surface area (Å²) >= 11 is 0. The van der Waals surface area contributed by atoms with Gasteiger partial charge in [-0.05, 0) is 33.9 Å². The summed E-state index contributed by atoms with van der Waals surface area (Å²) in [7, 11) is 1.27. The monoisotopic (exact) mass is 234 g/mol. The van der Waals surface area contributed by atoms with E-state index < -0.39 is 9.84 Å². The van der Waals surface area contributed by atoms with E-state index in [1.807, 2.05) is 14.1 Å². The lowest BCUT2D eigenvalue weighted by molar-refractivity contribution is 0.326. The molecule has 2 unspecified atom stereocenters. The molecule has 1 aliphatic rings. The van der Waals surface area contributed by atoms with Crippen LogP contribution >= 0.6 is 0 Å². The molecule has 2 atom stereocenters. The van der Waals surface area contributed by atoms with Crippen LogP contribution in [0.5, 0.6) is 0 Å². The quantitative estimate of drug-likeness (QED) is 0.750. The lowest BCUT2D eigenvalue weighted by atomic mass is 10.1. The van der Waals surface area contributed by atoms with Gasteiger partial charge in [0.15, 0.2) is 9.84 Å². The fraction of sp³-hybridized carbons (Fsp3) is 1.00. The minimum Gasteiger partial charge on any atom is -0.309 e. The number of nitrogens with one attached hydrogen (secondary N) is 1. The van der Waals surface area contributed by atoms with Crippen LogP contribution in [0.15, 0.2) is 0 Å². The number of hydrogen-bond donors (Lipinski definition) is 1. The Morgan fingerprint density at radius 1 is 1.47 bits per heavy atom. The van der Waals surface area contributed by atoms with Crippen molar-refractivity contribution in [3.8, 4) is 0 Å². The maximum absolute atomic E-state index is 11.4. The second kappa shape index (κ2) is 5.27. The highest BCUT2D eigenvalue weighted by Crippen LogP contribution is 2.12. The Labute approximate surface area is 93.0 Å². The van der Waals surface area contributed by atoms with E-state index in [4.69, 9.17) is 0 Å². The molecule has 0 spiro atoms. The summed E-state index contributed by atoms with van der Waals surface area (Å²) in [6.45, 7) is 3.04. The molecule has 15 heavy (non-hydrogen) atoms. The summed E-state index contributed by atoms with van der Waals surface area (Å²) < 4.78 is 22.8. The van der Waals surface area contributed by atoms with E-state index in [1.165, 1.54) is 0 Å². The molecule has 1 heterocycles. The molecule has 0 aromatic carbocycles. The molecule has 90 valence electrons. The van der Waals surface area contributed by atoms with E-state index in [9.17, 15) is 8.42 Å². The molecule has 1 aliphatic heterocycles. The average Bonchev–Trinajstić information content (AvgIpc) is 1.99. The Morgan fingerprint density at radius 2 is 2.13 bits per heavy atom. The van der Waals surface area contributed by atoms with Gasteiger partial charge in [0.25, 0.3) is 0 Å². The van der Waals surface area contributed by atoms with Crippen molar-refractivity contribution >= 4 is 9.84 Å². The number of nitrogens with zero attached hydrogens (tertiary/aromatic N) is 1. The highest BCUT2D eigenvalue weighted by atomic mass is 32.2. The van der Waals surface area contributed by atoms with Crippen molar-refractivity contribution in [1.82, 2.24) is 10.2 Å². The van der Waals surface area contributed by atoms with Gasteiger partial charge in [-0.2, -0.15) is 0 Å². The molecular weight excluding hydrogens is 212 g/mol. The van der Waals surface area contributed by atoms with Crippen molar-refractivity contribution in [1.29, 1.82) is 0 Å². The predicted molar refractivity (Wildman–Crippen MR) is 62.8 cm³/mol. The number of sulfone groups is 1. The maximum Gasteiger partial charge on any atom is 0.151 e. The number of hydrogen-bond acceptors (Lipinski definition) is 4. The first-order valence-corrected chi connectivity index (χ1v) is 7.32. The third-order valence-corrected chi connectivity index (χ3v) is 4.44. The van der Waals surface area contributed by atoms with E-state index in [-0.39, 0.29) is 6.04 Å². The summed E-state index contributed by atoms with van der Waals surface area (Å²) in [5.41, 5.74) is 0. The molecule has 5 heteroatoms. The van der Waals surface area contributed by atoms with E-state index in [0.29, 0.717) is 17.5 Å². The fourth-order valence-electron chi connectivity index (χ4n) is 2.16. The van der Waals surface area contributed by atoms with Crippen molar-refractivity contribution in [2.75, 3.05) is 32.1 Å². The van der Waals surface area contributed by atoms with Gasteiger partial charge in [0, 0.05) is 18.6 Å². The summed E-state index contributed by atoms with van der Waals surface area (Å²) in [6.07, 6.45) is 1.78. The second-order valence-corrected chi connectivity index (χ2v) is 7.01. The number of likely N-dealkylation sites (N-methyl/N-ethyl adjacent to an activating group) is 1. The summed E-state index contributed by atoms with van der Waals surface area (Å²) in [6, 6.07) is 0.497. The molecule has 0 aliphatic carbocycles. The first kappa shape index (κ1) is 12.9. The Morgan fingerprint density at radius 3 is 2.67 bits per heavy atom. The maximum atomic E-state index is 11.4. The van der Waals surface area contributed by atoms with Crippen LogP contribution in [-0.4, -0.2) is 57.5 Å². The predicted octanol–water partition coefficient (Wildman–Crippen LogP) is 0.103. The molecule has 0 aromatic rings. The lowest BCUT2D eigenvalue weighted by Gasteiger charge is -2.27. The minimum atomic E-state index is -2.78. The van der Waals surface area contributed by atoms with Crippen molar-refractivity contribution < 1.29 is 8.42 Å². The Kier molecular flexibility index (Phi) is 4.55. The fourth-order valence-corrected chi connectivity index (χ4v) is 3.81. The molecule has 0 aromatic heterocycles.